The number of nitrogens with one attached hydrogen (secondary N) is 2. The number of ether oxygens (including phenoxy) is 2. The van der Waals surface area contributed by atoms with Crippen LogP contribution in [0.3, 0.4) is 0 Å². The van der Waals surface area contributed by atoms with Crippen molar-refractivity contribution >= 4 is 34.8 Å². The maximum absolute atomic E-state index is 12.3. The zero-order valence-electron chi connectivity index (χ0n) is 14.2. The minimum Gasteiger partial charge on any atom is -0.497 e. The first-order valence-corrected chi connectivity index (χ1v) is 8.78. The molecule has 2 N–H and O–H groups in total. The molecule has 0 unspecified atom stereocenters. The topological polar surface area (TPSA) is 72.5 Å². The average molecular weight is 384 g/mol. The molecule has 1 aromatic carbocycles. The number of halogens is 1. The molecule has 2 heterocycles. The van der Waals surface area contributed by atoms with Gasteiger partial charge in [0, 0.05) is 16.9 Å². The highest BCUT2D eigenvalue weighted by atomic mass is 35.5. The van der Waals surface area contributed by atoms with Gasteiger partial charge in [0.05, 0.1) is 19.9 Å². The van der Waals surface area contributed by atoms with Crippen molar-refractivity contribution < 1.29 is 14.3 Å². The summed E-state index contributed by atoms with van der Waals surface area (Å²) in [5, 5.41) is 8.72. The van der Waals surface area contributed by atoms with Gasteiger partial charge in [-0.25, -0.2) is 4.98 Å². The quantitative estimate of drug-likeness (QED) is 0.829. The summed E-state index contributed by atoms with van der Waals surface area (Å²) in [6.45, 7) is 1.78. The highest BCUT2D eigenvalue weighted by Gasteiger charge is 2.22. The van der Waals surface area contributed by atoms with Crippen molar-refractivity contribution in [2.24, 2.45) is 5.92 Å². The van der Waals surface area contributed by atoms with Crippen molar-refractivity contribution in [2.45, 2.75) is 12.8 Å². The van der Waals surface area contributed by atoms with Gasteiger partial charge in [0.2, 0.25) is 5.91 Å². The summed E-state index contributed by atoms with van der Waals surface area (Å²) in [6, 6.07) is 5.57. The van der Waals surface area contributed by atoms with Gasteiger partial charge in [0.25, 0.3) is 0 Å². The number of anilines is 1. The predicted molar refractivity (Wildman–Crippen MR) is 102 cm³/mol. The molecule has 136 valence electrons. The number of benzene rings is 1. The van der Waals surface area contributed by atoms with Gasteiger partial charge in [-0.05, 0) is 44.1 Å². The molecule has 0 spiro atoms. The molecular weight excluding hydrogens is 362 g/mol. The number of piperidine rings is 1. The van der Waals surface area contributed by atoms with E-state index >= 15 is 0 Å². The largest absolute Gasteiger partial charge is 0.497 e. The van der Waals surface area contributed by atoms with Crippen molar-refractivity contribution in [1.82, 2.24) is 10.3 Å². The zero-order valence-corrected chi connectivity index (χ0v) is 15.8. The Morgan fingerprint density at radius 2 is 2.04 bits per heavy atom. The average Bonchev–Trinajstić information content (AvgIpc) is 3.10. The molecule has 0 saturated carbocycles. The normalized spacial score (nSPS) is 14.5. The van der Waals surface area contributed by atoms with E-state index < -0.39 is 0 Å². The van der Waals surface area contributed by atoms with Gasteiger partial charge in [-0.15, -0.1) is 23.7 Å². The van der Waals surface area contributed by atoms with Crippen LogP contribution >= 0.6 is 23.7 Å². The first-order chi connectivity index (χ1) is 11.7. The highest BCUT2D eigenvalue weighted by molar-refractivity contribution is 7.14. The summed E-state index contributed by atoms with van der Waals surface area (Å²) >= 11 is 1.41. The number of carbonyl (C=O) groups excluding carboxylic acids is 1. The van der Waals surface area contributed by atoms with E-state index in [4.69, 9.17) is 9.47 Å². The summed E-state index contributed by atoms with van der Waals surface area (Å²) in [5.74, 6) is 1.57. The Hall–Kier alpha value is -1.83. The minimum absolute atomic E-state index is 0. The van der Waals surface area contributed by atoms with Crippen LogP contribution in [-0.4, -0.2) is 38.2 Å². The van der Waals surface area contributed by atoms with Crippen LogP contribution in [0.1, 0.15) is 12.8 Å². The summed E-state index contributed by atoms with van der Waals surface area (Å²) in [4.78, 5) is 16.9. The fourth-order valence-corrected chi connectivity index (χ4v) is 3.47. The Bertz CT molecular complexity index is 717. The Kier molecular flexibility index (Phi) is 7.04. The van der Waals surface area contributed by atoms with Crippen molar-refractivity contribution in [3.63, 3.8) is 0 Å². The number of hydrogen-bond donors (Lipinski definition) is 2. The second-order valence-electron chi connectivity index (χ2n) is 5.62. The van der Waals surface area contributed by atoms with E-state index in [0.717, 1.165) is 48.7 Å². The van der Waals surface area contributed by atoms with Crippen molar-refractivity contribution in [3.8, 4) is 22.8 Å². The Balaban J connectivity index is 0.00000225. The lowest BCUT2D eigenvalue weighted by Crippen LogP contribution is -2.34. The van der Waals surface area contributed by atoms with Crippen LogP contribution in [0.5, 0.6) is 11.5 Å². The zero-order chi connectivity index (χ0) is 16.9. The first-order valence-electron chi connectivity index (χ1n) is 7.90. The monoisotopic (exact) mass is 383 g/mol. The molecule has 1 aromatic heterocycles. The van der Waals surface area contributed by atoms with Crippen molar-refractivity contribution in [2.75, 3.05) is 32.6 Å². The molecule has 25 heavy (non-hydrogen) atoms. The first kappa shape index (κ1) is 19.5. The molecule has 0 bridgehead atoms. The fraction of sp³-hybridized carbons (Fsp3) is 0.412. The number of thiazole rings is 1. The van der Waals surface area contributed by atoms with Crippen molar-refractivity contribution in [3.05, 3.63) is 23.6 Å². The third kappa shape index (κ3) is 4.62. The molecule has 3 rings (SSSR count). The van der Waals surface area contributed by atoms with Crippen LogP contribution in [-0.2, 0) is 4.79 Å². The lowest BCUT2D eigenvalue weighted by atomic mass is 9.97. The minimum atomic E-state index is 0. The van der Waals surface area contributed by atoms with E-state index in [1.807, 2.05) is 23.6 Å². The Morgan fingerprint density at radius 1 is 1.28 bits per heavy atom. The number of carbonyl (C=O) groups is 1. The van der Waals surface area contributed by atoms with Gasteiger partial charge in [-0.1, -0.05) is 0 Å². The van der Waals surface area contributed by atoms with Gasteiger partial charge >= 0.3 is 0 Å². The predicted octanol–water partition coefficient (Wildman–Crippen LogP) is 3.19. The molecule has 1 aliphatic heterocycles. The third-order valence-corrected chi connectivity index (χ3v) is 4.88. The lowest BCUT2D eigenvalue weighted by molar-refractivity contribution is -0.120. The summed E-state index contributed by atoms with van der Waals surface area (Å²) in [5.41, 5.74) is 1.60. The van der Waals surface area contributed by atoms with Gasteiger partial charge in [-0.3, -0.25) is 4.79 Å². The molecule has 0 atom stereocenters. The number of nitrogens with zero attached hydrogens (tertiary/aromatic N) is 1. The Labute approximate surface area is 157 Å². The summed E-state index contributed by atoms with van der Waals surface area (Å²) < 4.78 is 10.7. The smallest absolute Gasteiger partial charge is 0.229 e. The molecule has 1 amide bonds. The molecular formula is C17H22ClN3O3S. The number of methoxy groups -OCH3 is 2. The van der Waals surface area contributed by atoms with Crippen LogP contribution in [0, 0.1) is 5.92 Å². The van der Waals surface area contributed by atoms with Crippen LogP contribution in [0.4, 0.5) is 5.13 Å². The molecule has 6 nitrogen and oxygen atoms in total. The van der Waals surface area contributed by atoms with Gasteiger partial charge in [0.15, 0.2) is 5.13 Å². The molecule has 1 saturated heterocycles. The van der Waals surface area contributed by atoms with Gasteiger partial charge in [0.1, 0.15) is 11.5 Å². The Morgan fingerprint density at radius 3 is 2.72 bits per heavy atom. The second kappa shape index (κ2) is 9.03. The highest BCUT2D eigenvalue weighted by Crippen LogP contribution is 2.35. The molecule has 2 aromatic rings. The van der Waals surface area contributed by atoms with Gasteiger partial charge in [-0.2, -0.15) is 0 Å². The maximum Gasteiger partial charge on any atom is 0.229 e. The second-order valence-corrected chi connectivity index (χ2v) is 6.48. The van der Waals surface area contributed by atoms with Crippen LogP contribution in [0.25, 0.3) is 11.3 Å². The van der Waals surface area contributed by atoms with E-state index in [1.165, 1.54) is 11.3 Å². The molecule has 8 heteroatoms. The third-order valence-electron chi connectivity index (χ3n) is 4.13. The fourth-order valence-electron chi connectivity index (χ4n) is 2.76. The molecule has 1 aliphatic rings. The number of rotatable bonds is 5. The standard InChI is InChI=1S/C17H21N3O3S.ClH/c1-22-12-3-4-15(23-2)13(9-12)14-10-24-17(19-14)20-16(21)11-5-7-18-8-6-11;/h3-4,9-11,18H,5-8H2,1-2H3,(H,19,20,21);1H. The molecule has 0 aliphatic carbocycles. The summed E-state index contributed by atoms with van der Waals surface area (Å²) in [6.07, 6.45) is 1.74. The van der Waals surface area contributed by atoms with Crippen LogP contribution in [0.2, 0.25) is 0 Å². The molecule has 1 fully saturated rings. The van der Waals surface area contributed by atoms with E-state index in [1.54, 1.807) is 14.2 Å². The van der Waals surface area contributed by atoms with Crippen molar-refractivity contribution in [1.29, 1.82) is 0 Å². The number of hydrogen-bond acceptors (Lipinski definition) is 6. The van der Waals surface area contributed by atoms with E-state index in [9.17, 15) is 4.79 Å². The summed E-state index contributed by atoms with van der Waals surface area (Å²) in [7, 11) is 3.24. The van der Waals surface area contributed by atoms with E-state index in [2.05, 4.69) is 15.6 Å². The van der Waals surface area contributed by atoms with E-state index in [0.29, 0.717) is 5.13 Å². The van der Waals surface area contributed by atoms with Gasteiger partial charge < -0.3 is 20.1 Å². The van der Waals surface area contributed by atoms with Crippen LogP contribution in [0.15, 0.2) is 23.6 Å². The number of amides is 1. The molecule has 0 radical (unpaired) electrons. The maximum atomic E-state index is 12.3. The lowest BCUT2D eigenvalue weighted by Gasteiger charge is -2.21. The van der Waals surface area contributed by atoms with Crippen LogP contribution < -0.4 is 20.1 Å². The van der Waals surface area contributed by atoms with E-state index in [-0.39, 0.29) is 24.2 Å². The SMILES string of the molecule is COc1ccc(OC)c(-c2csc(NC(=O)C3CCNCC3)n2)c1.Cl. The number of aromatic nitrogens is 1.